The molecule has 0 aliphatic carbocycles. The summed E-state index contributed by atoms with van der Waals surface area (Å²) in [5.74, 6) is -0.218. The number of hydrazine groups is 1. The third-order valence-electron chi connectivity index (χ3n) is 4.85. The number of hydrogen-bond acceptors (Lipinski definition) is 5. The third-order valence-corrected chi connectivity index (χ3v) is 4.85. The van der Waals surface area contributed by atoms with Crippen molar-refractivity contribution in [1.29, 1.82) is 0 Å². The molecule has 0 atom stereocenters. The average molecular weight is 447 g/mol. The van der Waals surface area contributed by atoms with E-state index in [1.807, 2.05) is 35.9 Å². The second-order valence-corrected chi connectivity index (χ2v) is 7.37. The molecule has 170 valence electrons. The van der Waals surface area contributed by atoms with Crippen molar-refractivity contribution < 1.29 is 19.1 Å². The molecule has 3 rings (SSSR count). The first kappa shape index (κ1) is 23.5. The first-order valence-corrected chi connectivity index (χ1v) is 10.5. The molecule has 1 aromatic heterocycles. The summed E-state index contributed by atoms with van der Waals surface area (Å²) in [5.41, 5.74) is 7.80. The highest BCUT2D eigenvalue weighted by atomic mass is 16.5. The van der Waals surface area contributed by atoms with Crippen LogP contribution < -0.4 is 15.6 Å². The van der Waals surface area contributed by atoms with E-state index in [2.05, 4.69) is 15.8 Å². The number of ketones is 1. The highest BCUT2D eigenvalue weighted by Crippen LogP contribution is 2.25. The van der Waals surface area contributed by atoms with Crippen molar-refractivity contribution in [2.75, 3.05) is 7.11 Å². The van der Waals surface area contributed by atoms with Crippen LogP contribution in [0.25, 0.3) is 11.8 Å². The Morgan fingerprint density at radius 1 is 1.06 bits per heavy atom. The maximum Gasteiger partial charge on any atom is 0.262 e. The number of aryl methyl sites for hydroxylation is 1. The van der Waals surface area contributed by atoms with Crippen LogP contribution in [0.2, 0.25) is 0 Å². The van der Waals surface area contributed by atoms with Crippen molar-refractivity contribution in [2.45, 2.75) is 26.2 Å². The lowest BCUT2D eigenvalue weighted by molar-refractivity contribution is -0.126. The SMILES string of the molecule is COc1cc(/C=C/C(=O)NNC(=O)CCCC(=O)c2ccccc2)ccc1-n1cnc(C)c1. The zero-order chi connectivity index (χ0) is 23.6. The Bertz CT molecular complexity index is 1150. The Morgan fingerprint density at radius 2 is 1.85 bits per heavy atom. The van der Waals surface area contributed by atoms with E-state index in [0.717, 1.165) is 16.9 Å². The van der Waals surface area contributed by atoms with E-state index in [4.69, 9.17) is 4.74 Å². The van der Waals surface area contributed by atoms with Crippen LogP contribution in [0.3, 0.4) is 0 Å². The molecule has 0 unspecified atom stereocenters. The minimum Gasteiger partial charge on any atom is -0.495 e. The van der Waals surface area contributed by atoms with Crippen molar-refractivity contribution in [2.24, 2.45) is 0 Å². The highest BCUT2D eigenvalue weighted by molar-refractivity contribution is 5.96. The fourth-order valence-corrected chi connectivity index (χ4v) is 3.15. The lowest BCUT2D eigenvalue weighted by atomic mass is 10.1. The molecule has 0 aliphatic rings. The number of amides is 2. The molecule has 0 fully saturated rings. The Morgan fingerprint density at radius 3 is 2.55 bits per heavy atom. The van der Waals surface area contributed by atoms with Crippen molar-refractivity contribution in [3.05, 3.63) is 84.0 Å². The van der Waals surface area contributed by atoms with Crippen LogP contribution in [0.15, 0.2) is 67.1 Å². The topological polar surface area (TPSA) is 102 Å². The molecule has 2 N–H and O–H groups in total. The molecular formula is C25H26N4O4. The van der Waals surface area contributed by atoms with E-state index >= 15 is 0 Å². The van der Waals surface area contributed by atoms with Crippen molar-refractivity contribution in [1.82, 2.24) is 20.4 Å². The third kappa shape index (κ3) is 6.90. The second kappa shape index (κ2) is 11.4. The van der Waals surface area contributed by atoms with E-state index < -0.39 is 5.91 Å². The molecule has 0 saturated heterocycles. The summed E-state index contributed by atoms with van der Waals surface area (Å²) in [6.45, 7) is 1.90. The van der Waals surface area contributed by atoms with Gasteiger partial charge in [0.15, 0.2) is 5.78 Å². The molecule has 2 aromatic carbocycles. The van der Waals surface area contributed by atoms with Crippen molar-refractivity contribution in [3.8, 4) is 11.4 Å². The van der Waals surface area contributed by atoms with Gasteiger partial charge in [0, 0.05) is 30.7 Å². The fourth-order valence-electron chi connectivity index (χ4n) is 3.15. The maximum atomic E-state index is 12.0. The number of nitrogens with zero attached hydrogens (tertiary/aromatic N) is 2. The standard InChI is InChI=1S/C25H26N4O4/c1-18-16-29(17-26-18)21-13-11-19(15-23(21)33-2)12-14-25(32)28-27-24(31)10-6-9-22(30)20-7-4-3-5-8-20/h3-5,7-8,11-17H,6,9-10H2,1-2H3,(H,27,31)(H,28,32)/b14-12+. The molecule has 8 heteroatoms. The van der Waals surface area contributed by atoms with Crippen LogP contribution in [-0.4, -0.2) is 34.3 Å². The molecule has 0 saturated carbocycles. The van der Waals surface area contributed by atoms with Gasteiger partial charge in [0.2, 0.25) is 5.91 Å². The molecule has 0 radical (unpaired) electrons. The number of carbonyl (C=O) groups excluding carboxylic acids is 3. The highest BCUT2D eigenvalue weighted by Gasteiger charge is 2.09. The Kier molecular flexibility index (Phi) is 8.13. The lowest BCUT2D eigenvalue weighted by Crippen LogP contribution is -2.40. The van der Waals surface area contributed by atoms with Crippen LogP contribution >= 0.6 is 0 Å². The van der Waals surface area contributed by atoms with Crippen LogP contribution in [0.1, 0.15) is 40.9 Å². The summed E-state index contributed by atoms with van der Waals surface area (Å²) in [6, 6.07) is 14.5. The van der Waals surface area contributed by atoms with Gasteiger partial charge in [-0.15, -0.1) is 0 Å². The van der Waals surface area contributed by atoms with Gasteiger partial charge in [-0.3, -0.25) is 25.2 Å². The molecule has 0 bridgehead atoms. The van der Waals surface area contributed by atoms with E-state index in [1.165, 1.54) is 6.08 Å². The van der Waals surface area contributed by atoms with E-state index in [9.17, 15) is 14.4 Å². The smallest absolute Gasteiger partial charge is 0.262 e. The predicted octanol–water partition coefficient (Wildman–Crippen LogP) is 3.40. The summed E-state index contributed by atoms with van der Waals surface area (Å²) in [6.07, 6.45) is 7.32. The minimum absolute atomic E-state index is 0.0139. The van der Waals surface area contributed by atoms with Gasteiger partial charge in [-0.1, -0.05) is 36.4 Å². The molecule has 3 aromatic rings. The molecule has 33 heavy (non-hydrogen) atoms. The Hall–Kier alpha value is -4.20. The maximum absolute atomic E-state index is 12.0. The monoisotopic (exact) mass is 446 g/mol. The number of benzene rings is 2. The lowest BCUT2D eigenvalue weighted by Gasteiger charge is -2.10. The number of hydrogen-bond donors (Lipinski definition) is 2. The van der Waals surface area contributed by atoms with Crippen LogP contribution in [0, 0.1) is 6.92 Å². The predicted molar refractivity (Wildman–Crippen MR) is 125 cm³/mol. The largest absolute Gasteiger partial charge is 0.495 e. The van der Waals surface area contributed by atoms with Gasteiger partial charge in [0.25, 0.3) is 5.91 Å². The van der Waals surface area contributed by atoms with Crippen LogP contribution in [0.5, 0.6) is 5.75 Å². The van der Waals surface area contributed by atoms with Gasteiger partial charge in [0.1, 0.15) is 5.75 Å². The fraction of sp³-hybridized carbons (Fsp3) is 0.200. The van der Waals surface area contributed by atoms with Gasteiger partial charge in [-0.05, 0) is 37.1 Å². The van der Waals surface area contributed by atoms with Crippen molar-refractivity contribution in [3.63, 3.8) is 0 Å². The van der Waals surface area contributed by atoms with E-state index in [1.54, 1.807) is 49.8 Å². The average Bonchev–Trinajstić information content (AvgIpc) is 3.27. The summed E-state index contributed by atoms with van der Waals surface area (Å²) >= 11 is 0. The van der Waals surface area contributed by atoms with Crippen LogP contribution in [0.4, 0.5) is 0 Å². The Balaban J connectivity index is 1.45. The number of aromatic nitrogens is 2. The molecule has 1 heterocycles. The molecule has 0 aliphatic heterocycles. The summed E-state index contributed by atoms with van der Waals surface area (Å²) in [5, 5.41) is 0. The number of Topliss-reactive ketones (excluding diaryl/α,β-unsaturated/α-hetero) is 1. The number of methoxy groups -OCH3 is 1. The van der Waals surface area contributed by atoms with Gasteiger partial charge >= 0.3 is 0 Å². The zero-order valence-corrected chi connectivity index (χ0v) is 18.6. The number of imidazole rings is 1. The summed E-state index contributed by atoms with van der Waals surface area (Å²) in [7, 11) is 1.58. The zero-order valence-electron chi connectivity index (χ0n) is 18.6. The van der Waals surface area contributed by atoms with E-state index in [-0.39, 0.29) is 24.5 Å². The van der Waals surface area contributed by atoms with Gasteiger partial charge in [-0.25, -0.2) is 4.98 Å². The summed E-state index contributed by atoms with van der Waals surface area (Å²) in [4.78, 5) is 40.2. The van der Waals surface area contributed by atoms with Crippen LogP contribution in [-0.2, 0) is 9.59 Å². The quantitative estimate of drug-likeness (QED) is 0.298. The minimum atomic E-state index is -0.475. The number of rotatable bonds is 9. The normalized spacial score (nSPS) is 10.7. The molecule has 8 nitrogen and oxygen atoms in total. The van der Waals surface area contributed by atoms with Crippen molar-refractivity contribution >= 4 is 23.7 Å². The number of carbonyl (C=O) groups is 3. The number of nitrogens with one attached hydrogen (secondary N) is 2. The van der Waals surface area contributed by atoms with E-state index in [0.29, 0.717) is 17.7 Å². The van der Waals surface area contributed by atoms with Gasteiger partial charge in [0.05, 0.1) is 24.8 Å². The number of ether oxygens (including phenoxy) is 1. The van der Waals surface area contributed by atoms with Gasteiger partial charge in [-0.2, -0.15) is 0 Å². The first-order chi connectivity index (χ1) is 16.0. The first-order valence-electron chi connectivity index (χ1n) is 10.5. The summed E-state index contributed by atoms with van der Waals surface area (Å²) < 4.78 is 7.31. The molecule has 2 amide bonds. The molecular weight excluding hydrogens is 420 g/mol. The Labute approximate surface area is 192 Å². The van der Waals surface area contributed by atoms with Gasteiger partial charge < -0.3 is 9.30 Å². The second-order valence-electron chi connectivity index (χ2n) is 7.37. The molecule has 0 spiro atoms.